The van der Waals surface area contributed by atoms with Gasteiger partial charge in [0.05, 0.1) is 12.7 Å². The molecule has 6 heteroatoms. The van der Waals surface area contributed by atoms with Crippen LogP contribution in [0.5, 0.6) is 5.75 Å². The van der Waals surface area contributed by atoms with Gasteiger partial charge in [-0.15, -0.1) is 10.2 Å². The van der Waals surface area contributed by atoms with Crippen molar-refractivity contribution in [2.75, 3.05) is 18.7 Å². The summed E-state index contributed by atoms with van der Waals surface area (Å²) in [5.74, 6) is 7.05. The van der Waals surface area contributed by atoms with Gasteiger partial charge in [-0.25, -0.2) is 4.68 Å². The van der Waals surface area contributed by atoms with Crippen LogP contribution in [-0.2, 0) is 0 Å². The second-order valence-electron chi connectivity index (χ2n) is 3.46. The zero-order valence-corrected chi connectivity index (χ0v) is 9.14. The van der Waals surface area contributed by atoms with Gasteiger partial charge < -0.3 is 16.3 Å². The topological polar surface area (TPSA) is 92.0 Å². The van der Waals surface area contributed by atoms with E-state index in [4.69, 9.17) is 16.3 Å². The van der Waals surface area contributed by atoms with Crippen LogP contribution in [0.2, 0.25) is 0 Å². The van der Waals surface area contributed by atoms with Crippen LogP contribution in [0.3, 0.4) is 0 Å². The molecule has 1 aromatic heterocycles. The van der Waals surface area contributed by atoms with E-state index < -0.39 is 0 Å². The first kappa shape index (κ1) is 10.3. The van der Waals surface area contributed by atoms with Gasteiger partial charge in [-0.3, -0.25) is 0 Å². The zero-order chi connectivity index (χ0) is 11.7. The molecule has 2 aromatic rings. The van der Waals surface area contributed by atoms with Crippen molar-refractivity contribution in [3.8, 4) is 17.1 Å². The van der Waals surface area contributed by atoms with Crippen molar-refractivity contribution in [2.45, 2.75) is 6.92 Å². The van der Waals surface area contributed by atoms with Crippen LogP contribution in [0.25, 0.3) is 11.4 Å². The van der Waals surface area contributed by atoms with Gasteiger partial charge in [0, 0.05) is 0 Å². The first-order chi connectivity index (χ1) is 7.63. The highest BCUT2D eigenvalue weighted by Crippen LogP contribution is 2.29. The highest BCUT2D eigenvalue weighted by Gasteiger charge is 2.14. The summed E-state index contributed by atoms with van der Waals surface area (Å²) < 4.78 is 6.47. The Labute approximate surface area is 92.8 Å². The van der Waals surface area contributed by atoms with Gasteiger partial charge in [0.2, 0.25) is 5.95 Å². The number of hydrogen-bond acceptors (Lipinski definition) is 5. The largest absolute Gasteiger partial charge is 0.496 e. The molecule has 2 rings (SSSR count). The Morgan fingerprint density at radius 3 is 2.62 bits per heavy atom. The lowest BCUT2D eigenvalue weighted by Gasteiger charge is -2.08. The van der Waals surface area contributed by atoms with Gasteiger partial charge in [-0.2, -0.15) is 0 Å². The molecule has 4 N–H and O–H groups in total. The van der Waals surface area contributed by atoms with Crippen molar-refractivity contribution in [1.82, 2.24) is 14.9 Å². The molecule has 0 amide bonds. The number of rotatable bonds is 2. The normalized spacial score (nSPS) is 10.4. The second-order valence-corrected chi connectivity index (χ2v) is 3.46. The van der Waals surface area contributed by atoms with Crippen LogP contribution >= 0.6 is 0 Å². The third-order valence-corrected chi connectivity index (χ3v) is 2.32. The molecular formula is C10H13N5O. The number of hydrogen-bond donors (Lipinski definition) is 2. The molecule has 0 aliphatic rings. The molecule has 84 valence electrons. The van der Waals surface area contributed by atoms with E-state index in [1.54, 1.807) is 7.11 Å². The summed E-state index contributed by atoms with van der Waals surface area (Å²) in [5, 5.41) is 7.63. The first-order valence-corrected chi connectivity index (χ1v) is 4.74. The van der Waals surface area contributed by atoms with Crippen LogP contribution in [-0.4, -0.2) is 22.0 Å². The molecule has 16 heavy (non-hydrogen) atoms. The fraction of sp³-hybridized carbons (Fsp3) is 0.200. The molecular weight excluding hydrogens is 206 g/mol. The van der Waals surface area contributed by atoms with Gasteiger partial charge in [-0.1, -0.05) is 11.6 Å². The van der Waals surface area contributed by atoms with E-state index in [1.807, 2.05) is 25.1 Å². The van der Waals surface area contributed by atoms with E-state index >= 15 is 0 Å². The summed E-state index contributed by atoms with van der Waals surface area (Å²) in [6.45, 7) is 1.98. The Morgan fingerprint density at radius 1 is 1.31 bits per heavy atom. The van der Waals surface area contributed by atoms with Crippen LogP contribution in [0.15, 0.2) is 18.2 Å². The fourth-order valence-electron chi connectivity index (χ4n) is 1.48. The van der Waals surface area contributed by atoms with Gasteiger partial charge in [0.1, 0.15) is 5.75 Å². The number of aromatic nitrogens is 3. The summed E-state index contributed by atoms with van der Waals surface area (Å²) in [5.41, 5.74) is 7.38. The predicted molar refractivity (Wildman–Crippen MR) is 61.3 cm³/mol. The molecule has 0 atom stereocenters. The molecule has 0 aliphatic carbocycles. The summed E-state index contributed by atoms with van der Waals surface area (Å²) in [6.07, 6.45) is 0. The lowest BCUT2D eigenvalue weighted by atomic mass is 10.1. The van der Waals surface area contributed by atoms with Crippen LogP contribution in [0.1, 0.15) is 5.56 Å². The molecule has 0 fully saturated rings. The molecule has 0 bridgehead atoms. The van der Waals surface area contributed by atoms with Gasteiger partial charge in [0.15, 0.2) is 5.82 Å². The minimum atomic E-state index is 0.165. The lowest BCUT2D eigenvalue weighted by Crippen LogP contribution is -2.13. The minimum Gasteiger partial charge on any atom is -0.496 e. The Kier molecular flexibility index (Phi) is 2.40. The number of aryl methyl sites for hydroxylation is 1. The number of nitrogens with zero attached hydrogens (tertiary/aromatic N) is 3. The van der Waals surface area contributed by atoms with E-state index in [0.717, 1.165) is 11.1 Å². The molecule has 0 aliphatic heterocycles. The summed E-state index contributed by atoms with van der Waals surface area (Å²) in [6, 6.07) is 5.73. The van der Waals surface area contributed by atoms with E-state index in [1.165, 1.54) is 4.68 Å². The van der Waals surface area contributed by atoms with Crippen LogP contribution in [0.4, 0.5) is 5.95 Å². The molecule has 0 unspecified atom stereocenters. The van der Waals surface area contributed by atoms with Crippen molar-refractivity contribution in [3.05, 3.63) is 23.8 Å². The summed E-state index contributed by atoms with van der Waals surface area (Å²) in [4.78, 5) is 0. The molecule has 0 radical (unpaired) electrons. The standard InChI is InChI=1S/C10H13N5O/c1-6-3-4-8(16-2)7(5-6)9-13-14-10(11)15(9)12/h3-5H,12H2,1-2H3,(H2,11,14). The molecule has 1 aromatic carbocycles. The Balaban J connectivity index is 2.62. The lowest BCUT2D eigenvalue weighted by molar-refractivity contribution is 0.416. The molecule has 6 nitrogen and oxygen atoms in total. The van der Waals surface area contributed by atoms with Crippen molar-refractivity contribution in [3.63, 3.8) is 0 Å². The molecule has 0 spiro atoms. The zero-order valence-electron chi connectivity index (χ0n) is 9.14. The monoisotopic (exact) mass is 219 g/mol. The third kappa shape index (κ3) is 1.54. The SMILES string of the molecule is COc1ccc(C)cc1-c1nnc(N)n1N. The highest BCUT2D eigenvalue weighted by atomic mass is 16.5. The quantitative estimate of drug-likeness (QED) is 0.720. The maximum Gasteiger partial charge on any atom is 0.241 e. The van der Waals surface area contributed by atoms with Gasteiger partial charge in [-0.05, 0) is 19.1 Å². The molecule has 1 heterocycles. The maximum atomic E-state index is 5.72. The predicted octanol–water partition coefficient (Wildman–Crippen LogP) is 0.558. The fourth-order valence-corrected chi connectivity index (χ4v) is 1.48. The van der Waals surface area contributed by atoms with Crippen molar-refractivity contribution < 1.29 is 4.74 Å². The Hall–Kier alpha value is -2.24. The Morgan fingerprint density at radius 2 is 2.06 bits per heavy atom. The van der Waals surface area contributed by atoms with Crippen molar-refractivity contribution in [2.24, 2.45) is 0 Å². The number of benzene rings is 1. The number of anilines is 1. The van der Waals surface area contributed by atoms with E-state index in [2.05, 4.69) is 10.2 Å². The van der Waals surface area contributed by atoms with Gasteiger partial charge >= 0.3 is 0 Å². The van der Waals surface area contributed by atoms with Gasteiger partial charge in [0.25, 0.3) is 0 Å². The van der Waals surface area contributed by atoms with E-state index in [9.17, 15) is 0 Å². The molecule has 0 saturated carbocycles. The Bertz CT molecular complexity index is 520. The average molecular weight is 219 g/mol. The summed E-state index contributed by atoms with van der Waals surface area (Å²) >= 11 is 0. The minimum absolute atomic E-state index is 0.165. The van der Waals surface area contributed by atoms with Crippen LogP contribution in [0, 0.1) is 6.92 Å². The maximum absolute atomic E-state index is 5.72. The van der Waals surface area contributed by atoms with Crippen LogP contribution < -0.4 is 16.3 Å². The number of methoxy groups -OCH3 is 1. The number of nitrogen functional groups attached to an aromatic ring is 2. The molecule has 0 saturated heterocycles. The highest BCUT2D eigenvalue weighted by molar-refractivity contribution is 5.66. The van der Waals surface area contributed by atoms with Crippen molar-refractivity contribution >= 4 is 5.95 Å². The van der Waals surface area contributed by atoms with E-state index in [-0.39, 0.29) is 5.95 Å². The third-order valence-electron chi connectivity index (χ3n) is 2.32. The smallest absolute Gasteiger partial charge is 0.241 e. The van der Waals surface area contributed by atoms with Crippen molar-refractivity contribution in [1.29, 1.82) is 0 Å². The second kappa shape index (κ2) is 3.73. The number of nitrogens with two attached hydrogens (primary N) is 2. The number of ether oxygens (including phenoxy) is 1. The van der Waals surface area contributed by atoms with E-state index in [0.29, 0.717) is 11.6 Å². The summed E-state index contributed by atoms with van der Waals surface area (Å²) in [7, 11) is 1.59. The average Bonchev–Trinajstić information content (AvgIpc) is 2.60. The first-order valence-electron chi connectivity index (χ1n) is 4.74.